The van der Waals surface area contributed by atoms with E-state index in [2.05, 4.69) is 19.2 Å². The summed E-state index contributed by atoms with van der Waals surface area (Å²) in [6.07, 6.45) is 66.1. The maximum absolute atomic E-state index is 12.9. The first-order chi connectivity index (χ1) is 33.4. The zero-order valence-corrected chi connectivity index (χ0v) is 46.8. The first kappa shape index (κ1) is 67.5. The zero-order chi connectivity index (χ0) is 49.5. The quantitative estimate of drug-likeness (QED) is 0.0353. The van der Waals surface area contributed by atoms with E-state index in [1.807, 2.05) is 0 Å². The molecule has 5 N–H and O–H groups in total. The van der Waals surface area contributed by atoms with Crippen molar-refractivity contribution in [2.45, 2.75) is 353 Å². The molecule has 3 atom stereocenters. The first-order valence-corrected chi connectivity index (χ1v) is 32.1. The van der Waals surface area contributed by atoms with Crippen LogP contribution in [0.4, 0.5) is 0 Å². The third-order valence-corrected chi connectivity index (χ3v) is 15.4. The Bertz CT molecular complexity index is 1040. The van der Waals surface area contributed by atoms with E-state index in [4.69, 9.17) is 14.8 Å². The Hall–Kier alpha value is -0.500. The van der Waals surface area contributed by atoms with Gasteiger partial charge >= 0.3 is 7.82 Å². The third-order valence-electron chi connectivity index (χ3n) is 14.5. The number of nitrogens with two attached hydrogens (primary N) is 1. The van der Waals surface area contributed by atoms with Crippen molar-refractivity contribution in [3.8, 4) is 0 Å². The molecule has 68 heavy (non-hydrogen) atoms. The summed E-state index contributed by atoms with van der Waals surface area (Å²) in [7, 11) is -4.32. The normalized spacial score (nSPS) is 13.5. The second-order valence-electron chi connectivity index (χ2n) is 21.3. The molecule has 0 saturated carbocycles. The molecule has 0 rings (SSSR count). The molecule has 8 nitrogen and oxygen atoms in total. The number of unbranched alkanes of at least 4 members (excludes halogenated alkanes) is 47. The van der Waals surface area contributed by atoms with Crippen LogP contribution in [0.3, 0.4) is 0 Å². The molecule has 1 unspecified atom stereocenters. The standard InChI is InChI=1S/C59H121N2O6P/c1-3-5-7-9-11-13-15-17-19-20-21-22-23-24-25-26-27-28-29-30-31-32-33-34-35-36-37-38-39-41-43-45-47-49-51-53-59(63)61-57(56-67-68(64,65)66-55-54-60)58(62)52-50-48-46-44-42-40-18-16-14-12-10-8-6-4-2/h57-58,62H,3-56,60H2,1-2H3,(H,61,63)(H,64,65)/t57-,58+/m0/s1. The average molecular weight is 986 g/mol. The van der Waals surface area contributed by atoms with Gasteiger partial charge in [0.1, 0.15) is 0 Å². The van der Waals surface area contributed by atoms with E-state index in [0.29, 0.717) is 12.8 Å². The molecule has 408 valence electrons. The van der Waals surface area contributed by atoms with Crippen LogP contribution >= 0.6 is 7.82 Å². The minimum Gasteiger partial charge on any atom is -0.391 e. The summed E-state index contributed by atoms with van der Waals surface area (Å²) in [5.41, 5.74) is 5.41. The molecule has 0 saturated heterocycles. The molecule has 0 radical (unpaired) electrons. The van der Waals surface area contributed by atoms with Crippen molar-refractivity contribution in [2.75, 3.05) is 19.8 Å². The van der Waals surface area contributed by atoms with Crippen LogP contribution < -0.4 is 11.1 Å². The number of amides is 1. The van der Waals surface area contributed by atoms with Crippen molar-refractivity contribution in [1.82, 2.24) is 5.32 Å². The number of aliphatic hydroxyl groups excluding tert-OH is 1. The van der Waals surface area contributed by atoms with Gasteiger partial charge in [-0.2, -0.15) is 0 Å². The van der Waals surface area contributed by atoms with Gasteiger partial charge in [-0.25, -0.2) is 4.57 Å². The van der Waals surface area contributed by atoms with E-state index >= 15 is 0 Å². The third kappa shape index (κ3) is 53.3. The lowest BCUT2D eigenvalue weighted by molar-refractivity contribution is -0.123. The lowest BCUT2D eigenvalue weighted by Crippen LogP contribution is -2.46. The van der Waals surface area contributed by atoms with Crippen LogP contribution in [0.1, 0.15) is 341 Å². The number of rotatable bonds is 59. The SMILES string of the molecule is CCCCCCCCCCCCCCCCCCCCCCCCCCCCCCCCCCCCCC(=O)N[C@@H](COP(=O)(O)OCCN)[C@H](O)CCCCCCCCCCCCCCCC. The Morgan fingerprint density at radius 3 is 0.941 bits per heavy atom. The number of hydrogen-bond acceptors (Lipinski definition) is 6. The second kappa shape index (κ2) is 55.8. The second-order valence-corrected chi connectivity index (χ2v) is 22.7. The molecule has 0 aliphatic heterocycles. The fourth-order valence-corrected chi connectivity index (χ4v) is 10.6. The average Bonchev–Trinajstić information content (AvgIpc) is 3.33. The van der Waals surface area contributed by atoms with Gasteiger partial charge in [-0.3, -0.25) is 13.8 Å². The number of aliphatic hydroxyl groups is 1. The summed E-state index contributed by atoms with van der Waals surface area (Å²) in [6.45, 7) is 4.27. The number of nitrogens with one attached hydrogen (secondary N) is 1. The van der Waals surface area contributed by atoms with Gasteiger partial charge in [-0.1, -0.05) is 322 Å². The minimum atomic E-state index is -4.32. The van der Waals surface area contributed by atoms with Gasteiger partial charge in [0.2, 0.25) is 5.91 Å². The summed E-state index contributed by atoms with van der Waals surface area (Å²) in [5.74, 6) is -0.153. The predicted octanol–water partition coefficient (Wildman–Crippen LogP) is 18.9. The highest BCUT2D eigenvalue weighted by atomic mass is 31.2. The van der Waals surface area contributed by atoms with Crippen molar-refractivity contribution < 1.29 is 28.4 Å². The Morgan fingerprint density at radius 2 is 0.676 bits per heavy atom. The number of carbonyl (C=O) groups excluding carboxylic acids is 1. The number of carbonyl (C=O) groups is 1. The van der Waals surface area contributed by atoms with Crippen LogP contribution in [0.15, 0.2) is 0 Å². The van der Waals surface area contributed by atoms with Crippen molar-refractivity contribution >= 4 is 13.7 Å². The van der Waals surface area contributed by atoms with Crippen LogP contribution in [0, 0.1) is 0 Å². The van der Waals surface area contributed by atoms with Gasteiger partial charge in [0.05, 0.1) is 25.4 Å². The van der Waals surface area contributed by atoms with Crippen LogP contribution in [0.25, 0.3) is 0 Å². The largest absolute Gasteiger partial charge is 0.472 e. The van der Waals surface area contributed by atoms with E-state index in [1.165, 1.54) is 276 Å². The highest BCUT2D eigenvalue weighted by Gasteiger charge is 2.27. The molecule has 0 spiro atoms. The van der Waals surface area contributed by atoms with E-state index in [0.717, 1.165) is 38.5 Å². The smallest absolute Gasteiger partial charge is 0.391 e. The minimum absolute atomic E-state index is 0.0928. The maximum Gasteiger partial charge on any atom is 0.472 e. The molecular weight excluding hydrogens is 864 g/mol. The number of phosphoric ester groups is 1. The molecular formula is C59H121N2O6P. The highest BCUT2D eigenvalue weighted by Crippen LogP contribution is 2.43. The molecule has 0 aromatic rings. The fourth-order valence-electron chi connectivity index (χ4n) is 9.85. The van der Waals surface area contributed by atoms with Crippen LogP contribution in [0.5, 0.6) is 0 Å². The molecule has 0 aliphatic rings. The Labute approximate surface area is 424 Å². The van der Waals surface area contributed by atoms with E-state index in [1.54, 1.807) is 0 Å². The van der Waals surface area contributed by atoms with Gasteiger partial charge in [0.25, 0.3) is 0 Å². The van der Waals surface area contributed by atoms with Gasteiger partial charge in [-0.05, 0) is 12.8 Å². The fraction of sp³-hybridized carbons (Fsp3) is 0.983. The summed E-state index contributed by atoms with van der Waals surface area (Å²) in [4.78, 5) is 22.9. The van der Waals surface area contributed by atoms with Crippen LogP contribution in [-0.4, -0.2) is 47.8 Å². The number of hydrogen-bond donors (Lipinski definition) is 4. The number of phosphoric acid groups is 1. The van der Waals surface area contributed by atoms with Gasteiger partial charge in [0, 0.05) is 13.0 Å². The van der Waals surface area contributed by atoms with Crippen molar-refractivity contribution in [3.05, 3.63) is 0 Å². The topological polar surface area (TPSA) is 131 Å². The van der Waals surface area contributed by atoms with Crippen LogP contribution in [0.2, 0.25) is 0 Å². The Morgan fingerprint density at radius 1 is 0.426 bits per heavy atom. The van der Waals surface area contributed by atoms with E-state index in [9.17, 15) is 19.4 Å². The van der Waals surface area contributed by atoms with E-state index < -0.39 is 20.0 Å². The van der Waals surface area contributed by atoms with Gasteiger partial charge in [-0.15, -0.1) is 0 Å². The zero-order valence-electron chi connectivity index (χ0n) is 45.9. The molecule has 0 aliphatic carbocycles. The summed E-state index contributed by atoms with van der Waals surface area (Å²) in [6, 6.07) is -0.769. The molecule has 0 bridgehead atoms. The predicted molar refractivity (Wildman–Crippen MR) is 296 cm³/mol. The molecule has 1 amide bonds. The highest BCUT2D eigenvalue weighted by molar-refractivity contribution is 7.47. The Kier molecular flexibility index (Phi) is 55.4. The van der Waals surface area contributed by atoms with Crippen LogP contribution in [-0.2, 0) is 18.4 Å². The monoisotopic (exact) mass is 985 g/mol. The van der Waals surface area contributed by atoms with Crippen molar-refractivity contribution in [1.29, 1.82) is 0 Å². The molecule has 0 aromatic carbocycles. The first-order valence-electron chi connectivity index (χ1n) is 30.7. The van der Waals surface area contributed by atoms with Gasteiger partial charge in [0.15, 0.2) is 0 Å². The van der Waals surface area contributed by atoms with E-state index in [-0.39, 0.29) is 25.7 Å². The molecule has 0 heterocycles. The van der Waals surface area contributed by atoms with Gasteiger partial charge < -0.3 is 21.1 Å². The van der Waals surface area contributed by atoms with Crippen molar-refractivity contribution in [2.24, 2.45) is 5.73 Å². The molecule has 0 fully saturated rings. The lowest BCUT2D eigenvalue weighted by Gasteiger charge is -2.25. The molecule has 0 aromatic heterocycles. The lowest BCUT2D eigenvalue weighted by atomic mass is 10.0. The summed E-state index contributed by atoms with van der Waals surface area (Å²) in [5, 5.41) is 13.9. The Balaban J connectivity index is 3.73. The summed E-state index contributed by atoms with van der Waals surface area (Å²) >= 11 is 0. The molecule has 9 heteroatoms. The summed E-state index contributed by atoms with van der Waals surface area (Å²) < 4.78 is 22.3. The maximum atomic E-state index is 12.9. The van der Waals surface area contributed by atoms with Crippen molar-refractivity contribution in [3.63, 3.8) is 0 Å².